The number of amides is 4. The summed E-state index contributed by atoms with van der Waals surface area (Å²) >= 11 is 0. The lowest BCUT2D eigenvalue weighted by molar-refractivity contribution is -0.177. The van der Waals surface area contributed by atoms with Crippen LogP contribution in [0.2, 0.25) is 0 Å². The van der Waals surface area contributed by atoms with Gasteiger partial charge in [0.2, 0.25) is 18.6 Å². The van der Waals surface area contributed by atoms with Gasteiger partial charge in [0.15, 0.2) is 17.8 Å². The zero-order valence-corrected chi connectivity index (χ0v) is 22.8. The van der Waals surface area contributed by atoms with Gasteiger partial charge >= 0.3 is 0 Å². The second-order valence-corrected chi connectivity index (χ2v) is 10.2. The monoisotopic (exact) mass is 580 g/mol. The van der Waals surface area contributed by atoms with Gasteiger partial charge in [-0.3, -0.25) is 24.2 Å². The first-order valence-electron chi connectivity index (χ1n) is 13.8. The van der Waals surface area contributed by atoms with Crippen LogP contribution in [0.3, 0.4) is 0 Å². The largest absolute Gasteiger partial charge is 0.454 e. The Morgan fingerprint density at radius 3 is 2.67 bits per heavy atom. The van der Waals surface area contributed by atoms with Crippen molar-refractivity contribution in [1.29, 1.82) is 0 Å². The Morgan fingerprint density at radius 2 is 1.88 bits per heavy atom. The fourth-order valence-electron chi connectivity index (χ4n) is 5.19. The van der Waals surface area contributed by atoms with Crippen LogP contribution in [0.15, 0.2) is 48.5 Å². The molecule has 222 valence electrons. The summed E-state index contributed by atoms with van der Waals surface area (Å²) in [5, 5.41) is 18.3. The molecular formula is C29H32N4O9. The van der Waals surface area contributed by atoms with E-state index in [1.165, 1.54) is 17.1 Å². The quantitative estimate of drug-likeness (QED) is 0.270. The van der Waals surface area contributed by atoms with E-state index in [1.807, 2.05) is 18.2 Å². The number of fused-ring (bicyclic) bond motifs is 2. The van der Waals surface area contributed by atoms with Gasteiger partial charge in [0.1, 0.15) is 18.4 Å². The lowest BCUT2D eigenvalue weighted by Gasteiger charge is -2.43. The Labute approximate surface area is 241 Å². The Kier molecular flexibility index (Phi) is 8.98. The SMILES string of the molecule is O=CC[C@H](NC(=O)[C@@H]1CCCN2C(=O)CC[C@H](NC(=O)c3ccc4c(c3)OCO4)C(=O)N12)[C@H](O)OCc1ccccc1. The molecule has 3 aliphatic heterocycles. The van der Waals surface area contributed by atoms with Crippen LogP contribution in [0, 0.1) is 0 Å². The number of hydrogen-bond donors (Lipinski definition) is 3. The fraction of sp³-hybridized carbons (Fsp3) is 0.414. The third-order valence-corrected chi connectivity index (χ3v) is 7.39. The van der Waals surface area contributed by atoms with Crippen molar-refractivity contribution in [2.24, 2.45) is 0 Å². The molecule has 13 heteroatoms. The summed E-state index contributed by atoms with van der Waals surface area (Å²) < 4.78 is 16.1. The van der Waals surface area contributed by atoms with Gasteiger partial charge in [0.05, 0.1) is 12.6 Å². The molecule has 0 aromatic heterocycles. The van der Waals surface area contributed by atoms with Crippen molar-refractivity contribution < 1.29 is 43.3 Å². The average Bonchev–Trinajstić information content (AvgIpc) is 3.45. The molecule has 4 atom stereocenters. The van der Waals surface area contributed by atoms with E-state index in [0.29, 0.717) is 24.2 Å². The Hall–Kier alpha value is -4.49. The number of carbonyl (C=O) groups is 5. The smallest absolute Gasteiger partial charge is 0.264 e. The maximum Gasteiger partial charge on any atom is 0.264 e. The standard InChI is InChI=1S/C29H32N4O9/c34-14-12-21(29(39)40-16-18-5-2-1-3-6-18)31-27(37)22-7-4-13-32-25(35)11-9-20(28(38)33(22)32)30-26(36)19-8-10-23-24(15-19)42-17-41-23/h1-3,5-6,8,10,14-15,20-22,29,39H,4,7,9,11-13,16-17H2,(H,30,36)(H,31,37)/t20-,21-,22-,29+/m0/s1. The van der Waals surface area contributed by atoms with Gasteiger partial charge in [-0.2, -0.15) is 0 Å². The molecule has 2 aromatic rings. The molecule has 3 heterocycles. The lowest BCUT2D eigenvalue weighted by Crippen LogP contribution is -2.64. The van der Waals surface area contributed by atoms with Gasteiger partial charge < -0.3 is 34.7 Å². The van der Waals surface area contributed by atoms with Gasteiger partial charge in [-0.1, -0.05) is 30.3 Å². The summed E-state index contributed by atoms with van der Waals surface area (Å²) in [7, 11) is 0. The summed E-state index contributed by atoms with van der Waals surface area (Å²) in [6.45, 7) is 0.327. The van der Waals surface area contributed by atoms with Crippen molar-refractivity contribution >= 4 is 29.9 Å². The summed E-state index contributed by atoms with van der Waals surface area (Å²) in [5.41, 5.74) is 1.03. The second kappa shape index (κ2) is 13.0. The van der Waals surface area contributed by atoms with E-state index < -0.39 is 42.1 Å². The molecule has 4 amide bonds. The van der Waals surface area contributed by atoms with Crippen molar-refractivity contribution in [3.63, 3.8) is 0 Å². The molecule has 0 spiro atoms. The number of carbonyl (C=O) groups excluding carboxylic acids is 5. The highest BCUT2D eigenvalue weighted by Gasteiger charge is 2.45. The number of aliphatic hydroxyl groups excluding tert-OH is 1. The Bertz CT molecular complexity index is 1340. The molecule has 0 radical (unpaired) electrons. The van der Waals surface area contributed by atoms with Crippen molar-refractivity contribution in [2.75, 3.05) is 13.3 Å². The summed E-state index contributed by atoms with van der Waals surface area (Å²) in [4.78, 5) is 64.7. The van der Waals surface area contributed by atoms with Gasteiger partial charge in [-0.25, -0.2) is 5.01 Å². The van der Waals surface area contributed by atoms with Crippen molar-refractivity contribution in [2.45, 2.75) is 63.1 Å². The highest BCUT2D eigenvalue weighted by Crippen LogP contribution is 2.32. The molecule has 42 heavy (non-hydrogen) atoms. The molecule has 0 bridgehead atoms. The third kappa shape index (κ3) is 6.37. The molecule has 0 unspecified atom stereocenters. The maximum absolute atomic E-state index is 13.8. The van der Waals surface area contributed by atoms with E-state index in [0.717, 1.165) is 10.6 Å². The first-order valence-corrected chi connectivity index (χ1v) is 13.8. The number of hydrogen-bond acceptors (Lipinski definition) is 9. The zero-order chi connectivity index (χ0) is 29.6. The van der Waals surface area contributed by atoms with E-state index in [-0.39, 0.29) is 57.1 Å². The number of nitrogens with zero attached hydrogens (tertiary/aromatic N) is 2. The van der Waals surface area contributed by atoms with Crippen molar-refractivity contribution in [3.8, 4) is 11.5 Å². The van der Waals surface area contributed by atoms with Crippen LogP contribution in [0.1, 0.15) is 48.0 Å². The lowest BCUT2D eigenvalue weighted by atomic mass is 10.0. The first kappa shape index (κ1) is 29.0. The Morgan fingerprint density at radius 1 is 1.10 bits per heavy atom. The van der Waals surface area contributed by atoms with E-state index in [9.17, 15) is 29.1 Å². The number of hydrazine groups is 1. The molecular weight excluding hydrogens is 548 g/mol. The average molecular weight is 581 g/mol. The van der Waals surface area contributed by atoms with Crippen LogP contribution in [-0.4, -0.2) is 82.8 Å². The van der Waals surface area contributed by atoms with Crippen molar-refractivity contribution in [3.05, 3.63) is 59.7 Å². The number of ether oxygens (including phenoxy) is 3. The zero-order valence-electron chi connectivity index (χ0n) is 22.8. The van der Waals surface area contributed by atoms with E-state index in [4.69, 9.17) is 14.2 Å². The van der Waals surface area contributed by atoms with Crippen LogP contribution in [0.4, 0.5) is 0 Å². The van der Waals surface area contributed by atoms with Gasteiger partial charge in [0.25, 0.3) is 11.8 Å². The van der Waals surface area contributed by atoms with Crippen LogP contribution in [0.5, 0.6) is 11.5 Å². The Balaban J connectivity index is 1.29. The first-order chi connectivity index (χ1) is 20.4. The molecule has 3 N–H and O–H groups in total. The predicted molar refractivity (Wildman–Crippen MR) is 144 cm³/mol. The minimum absolute atomic E-state index is 0.0114. The highest BCUT2D eigenvalue weighted by molar-refractivity contribution is 6.00. The maximum atomic E-state index is 13.8. The van der Waals surface area contributed by atoms with E-state index >= 15 is 0 Å². The van der Waals surface area contributed by atoms with E-state index in [1.54, 1.807) is 18.2 Å². The molecule has 0 saturated carbocycles. The van der Waals surface area contributed by atoms with E-state index in [2.05, 4.69) is 10.6 Å². The molecule has 13 nitrogen and oxygen atoms in total. The third-order valence-electron chi connectivity index (χ3n) is 7.39. The minimum Gasteiger partial charge on any atom is -0.454 e. The van der Waals surface area contributed by atoms with Gasteiger partial charge in [-0.15, -0.1) is 0 Å². The van der Waals surface area contributed by atoms with Crippen LogP contribution in [0.25, 0.3) is 0 Å². The summed E-state index contributed by atoms with van der Waals surface area (Å²) in [6.07, 6.45) is -0.465. The number of aliphatic hydroxyl groups is 1. The summed E-state index contributed by atoms with van der Waals surface area (Å²) in [5.74, 6) is -1.25. The number of nitrogens with one attached hydrogen (secondary N) is 2. The topological polar surface area (TPSA) is 164 Å². The molecule has 2 aromatic carbocycles. The molecule has 2 saturated heterocycles. The van der Waals surface area contributed by atoms with Crippen LogP contribution < -0.4 is 20.1 Å². The molecule has 3 aliphatic rings. The summed E-state index contributed by atoms with van der Waals surface area (Å²) in [6, 6.07) is 10.5. The fourth-order valence-corrected chi connectivity index (χ4v) is 5.19. The number of benzene rings is 2. The predicted octanol–water partition coefficient (Wildman–Crippen LogP) is 0.651. The van der Waals surface area contributed by atoms with Gasteiger partial charge in [-0.05, 0) is 43.0 Å². The van der Waals surface area contributed by atoms with Crippen molar-refractivity contribution in [1.82, 2.24) is 20.7 Å². The molecule has 0 aliphatic carbocycles. The van der Waals surface area contributed by atoms with Crippen LogP contribution >= 0.6 is 0 Å². The molecule has 2 fully saturated rings. The highest BCUT2D eigenvalue weighted by atomic mass is 16.7. The molecule has 5 rings (SSSR count). The number of rotatable bonds is 10. The minimum atomic E-state index is -1.51. The van der Waals surface area contributed by atoms with Gasteiger partial charge in [0, 0.05) is 24.9 Å². The second-order valence-electron chi connectivity index (χ2n) is 10.2. The number of aldehydes is 1. The normalized spacial score (nSPS) is 21.2. The van der Waals surface area contributed by atoms with Crippen LogP contribution in [-0.2, 0) is 30.5 Å².